The Morgan fingerprint density at radius 2 is 1.93 bits per heavy atom. The molecule has 0 aliphatic heterocycles. The van der Waals surface area contributed by atoms with Gasteiger partial charge in [-0.2, -0.15) is 13.2 Å². The largest absolute Gasteiger partial charge is 0.416 e. The van der Waals surface area contributed by atoms with E-state index in [1.807, 2.05) is 0 Å². The average Bonchev–Trinajstić information content (AvgIpc) is 2.46. The maximum absolute atomic E-state index is 12.4. The molecule has 0 aliphatic rings. The molecule has 0 saturated heterocycles. The molecule has 15 heavy (non-hydrogen) atoms. The van der Waals surface area contributed by atoms with Gasteiger partial charge in [0, 0.05) is 15.5 Å². The molecule has 0 radical (unpaired) electrons. The third-order valence-corrected chi connectivity index (χ3v) is 3.23. The van der Waals surface area contributed by atoms with Crippen molar-refractivity contribution in [1.29, 1.82) is 0 Å². The van der Waals surface area contributed by atoms with Gasteiger partial charge in [-0.15, -0.1) is 11.3 Å². The number of benzene rings is 1. The average molecular weight is 252 g/mol. The fraction of sp³-hybridized carbons (Fsp3) is 0.111. The van der Waals surface area contributed by atoms with Crippen LogP contribution < -0.4 is 5.73 Å². The standard InChI is InChI=1S/C9H5ClF3NS/c10-5-1-4(9(11,12)13)2-7-8(5)6(14)3-15-7/h1-3H,14H2. The van der Waals surface area contributed by atoms with Crippen molar-refractivity contribution in [2.45, 2.75) is 6.18 Å². The predicted molar refractivity (Wildman–Crippen MR) is 56.2 cm³/mol. The van der Waals surface area contributed by atoms with E-state index >= 15 is 0 Å². The first kappa shape index (κ1) is 10.6. The Balaban J connectivity index is 2.74. The highest BCUT2D eigenvalue weighted by atomic mass is 35.5. The summed E-state index contributed by atoms with van der Waals surface area (Å²) in [5, 5.41) is 2.12. The van der Waals surface area contributed by atoms with Crippen LogP contribution in [0.1, 0.15) is 5.56 Å². The molecule has 1 heterocycles. The molecule has 1 nitrogen and oxygen atoms in total. The first-order valence-corrected chi connectivity index (χ1v) is 5.19. The Labute approximate surface area is 92.3 Å². The lowest BCUT2D eigenvalue weighted by Gasteiger charge is -2.07. The number of halogens is 4. The minimum absolute atomic E-state index is 0.0403. The van der Waals surface area contributed by atoms with Crippen molar-refractivity contribution < 1.29 is 13.2 Å². The highest BCUT2D eigenvalue weighted by molar-refractivity contribution is 7.18. The topological polar surface area (TPSA) is 26.0 Å². The maximum Gasteiger partial charge on any atom is 0.416 e. The number of nitrogen functional groups attached to an aromatic ring is 1. The van der Waals surface area contributed by atoms with E-state index in [1.54, 1.807) is 5.38 Å². The number of thiophene rings is 1. The SMILES string of the molecule is Nc1csc2cc(C(F)(F)F)cc(Cl)c12. The van der Waals surface area contributed by atoms with Gasteiger partial charge in [0.25, 0.3) is 0 Å². The Morgan fingerprint density at radius 3 is 2.53 bits per heavy atom. The van der Waals surface area contributed by atoms with Crippen LogP contribution >= 0.6 is 22.9 Å². The van der Waals surface area contributed by atoms with Crippen LogP contribution in [-0.4, -0.2) is 0 Å². The van der Waals surface area contributed by atoms with E-state index in [0.717, 1.165) is 23.5 Å². The van der Waals surface area contributed by atoms with Gasteiger partial charge in [0.05, 0.1) is 16.3 Å². The second-order valence-corrected chi connectivity index (χ2v) is 4.34. The number of rotatable bonds is 0. The summed E-state index contributed by atoms with van der Waals surface area (Å²) in [5.74, 6) is 0. The summed E-state index contributed by atoms with van der Waals surface area (Å²) in [6.45, 7) is 0. The molecule has 2 aromatic rings. The molecular formula is C9H5ClF3NS. The number of nitrogens with two attached hydrogens (primary N) is 1. The minimum atomic E-state index is -4.38. The first-order valence-electron chi connectivity index (χ1n) is 3.93. The third-order valence-electron chi connectivity index (χ3n) is 1.98. The molecule has 1 aromatic carbocycles. The highest BCUT2D eigenvalue weighted by Gasteiger charge is 2.31. The number of hydrogen-bond acceptors (Lipinski definition) is 2. The quantitative estimate of drug-likeness (QED) is 0.748. The Hall–Kier alpha value is -0.940. The van der Waals surface area contributed by atoms with Crippen LogP contribution in [0.2, 0.25) is 5.02 Å². The molecule has 0 spiro atoms. The van der Waals surface area contributed by atoms with E-state index in [1.165, 1.54) is 0 Å². The second-order valence-electron chi connectivity index (χ2n) is 3.02. The van der Waals surface area contributed by atoms with Gasteiger partial charge < -0.3 is 5.73 Å². The zero-order chi connectivity index (χ0) is 11.2. The van der Waals surface area contributed by atoms with Gasteiger partial charge in [0.1, 0.15) is 0 Å². The number of hydrogen-bond donors (Lipinski definition) is 1. The van der Waals surface area contributed by atoms with Gasteiger partial charge in [0.2, 0.25) is 0 Å². The van der Waals surface area contributed by atoms with Crippen molar-refractivity contribution in [3.8, 4) is 0 Å². The molecule has 6 heteroatoms. The van der Waals surface area contributed by atoms with E-state index in [-0.39, 0.29) is 5.02 Å². The molecule has 1 aromatic heterocycles. The summed E-state index contributed by atoms with van der Waals surface area (Å²) in [6.07, 6.45) is -4.38. The van der Waals surface area contributed by atoms with E-state index in [4.69, 9.17) is 17.3 Å². The summed E-state index contributed by atoms with van der Waals surface area (Å²) in [5.41, 5.74) is 5.24. The van der Waals surface area contributed by atoms with Crippen LogP contribution in [-0.2, 0) is 6.18 Å². The Bertz CT molecular complexity index is 518. The zero-order valence-corrected chi connectivity index (χ0v) is 8.80. The monoisotopic (exact) mass is 251 g/mol. The summed E-state index contributed by atoms with van der Waals surface area (Å²) in [4.78, 5) is 0. The van der Waals surface area contributed by atoms with Crippen LogP contribution in [0, 0.1) is 0 Å². The first-order chi connectivity index (χ1) is 6.89. The van der Waals surface area contributed by atoms with Crippen LogP contribution in [0.15, 0.2) is 17.5 Å². The third kappa shape index (κ3) is 1.77. The lowest BCUT2D eigenvalue weighted by molar-refractivity contribution is -0.137. The molecule has 0 saturated carbocycles. The molecular weight excluding hydrogens is 247 g/mol. The predicted octanol–water partition coefficient (Wildman–Crippen LogP) is 4.16. The second kappa shape index (κ2) is 3.28. The molecule has 80 valence electrons. The van der Waals surface area contributed by atoms with E-state index < -0.39 is 11.7 Å². The van der Waals surface area contributed by atoms with Crippen molar-refractivity contribution in [3.05, 3.63) is 28.1 Å². The van der Waals surface area contributed by atoms with Gasteiger partial charge in [-0.05, 0) is 12.1 Å². The molecule has 0 atom stereocenters. The molecule has 0 fully saturated rings. The normalized spacial score (nSPS) is 12.3. The van der Waals surface area contributed by atoms with Crippen molar-refractivity contribution in [1.82, 2.24) is 0 Å². The van der Waals surface area contributed by atoms with E-state index in [0.29, 0.717) is 15.8 Å². The molecule has 0 unspecified atom stereocenters. The summed E-state index contributed by atoms with van der Waals surface area (Å²) >= 11 is 6.89. The zero-order valence-electron chi connectivity index (χ0n) is 7.23. The van der Waals surface area contributed by atoms with Crippen molar-refractivity contribution in [3.63, 3.8) is 0 Å². The van der Waals surface area contributed by atoms with Crippen LogP contribution in [0.4, 0.5) is 18.9 Å². The van der Waals surface area contributed by atoms with Gasteiger partial charge in [-0.1, -0.05) is 11.6 Å². The molecule has 0 amide bonds. The van der Waals surface area contributed by atoms with Gasteiger partial charge >= 0.3 is 6.18 Å². The minimum Gasteiger partial charge on any atom is -0.398 e. The van der Waals surface area contributed by atoms with Gasteiger partial charge in [-0.3, -0.25) is 0 Å². The lowest BCUT2D eigenvalue weighted by atomic mass is 10.1. The van der Waals surface area contributed by atoms with E-state index in [9.17, 15) is 13.2 Å². The lowest BCUT2D eigenvalue weighted by Crippen LogP contribution is -2.04. The van der Waals surface area contributed by atoms with Crippen molar-refractivity contribution in [2.24, 2.45) is 0 Å². The molecule has 2 rings (SSSR count). The Kier molecular flexibility index (Phi) is 2.31. The molecule has 0 aliphatic carbocycles. The van der Waals surface area contributed by atoms with Crippen molar-refractivity contribution >= 4 is 38.7 Å². The van der Waals surface area contributed by atoms with Gasteiger partial charge in [0.15, 0.2) is 0 Å². The summed E-state index contributed by atoms with van der Waals surface area (Å²) < 4.78 is 37.7. The van der Waals surface area contributed by atoms with Crippen LogP contribution in [0.5, 0.6) is 0 Å². The number of anilines is 1. The maximum atomic E-state index is 12.4. The van der Waals surface area contributed by atoms with Crippen molar-refractivity contribution in [2.75, 3.05) is 5.73 Å². The number of alkyl halides is 3. The summed E-state index contributed by atoms with van der Waals surface area (Å²) in [6, 6.07) is 1.95. The van der Waals surface area contributed by atoms with Crippen LogP contribution in [0.25, 0.3) is 10.1 Å². The van der Waals surface area contributed by atoms with Crippen LogP contribution in [0.3, 0.4) is 0 Å². The fourth-order valence-corrected chi connectivity index (χ4v) is 2.60. The highest BCUT2D eigenvalue weighted by Crippen LogP contribution is 2.39. The number of fused-ring (bicyclic) bond motifs is 1. The Morgan fingerprint density at radius 1 is 1.27 bits per heavy atom. The summed E-state index contributed by atoms with van der Waals surface area (Å²) in [7, 11) is 0. The van der Waals surface area contributed by atoms with Gasteiger partial charge in [-0.25, -0.2) is 0 Å². The molecule has 2 N–H and O–H groups in total. The fourth-order valence-electron chi connectivity index (χ4n) is 1.30. The smallest absolute Gasteiger partial charge is 0.398 e. The van der Waals surface area contributed by atoms with E-state index in [2.05, 4.69) is 0 Å². The molecule has 0 bridgehead atoms.